The van der Waals surface area contributed by atoms with Crippen LogP contribution in [0.4, 0.5) is 0 Å². The van der Waals surface area contributed by atoms with Crippen LogP contribution in [-0.2, 0) is 0 Å². The highest BCUT2D eigenvalue weighted by atomic mass is 14.7. The third-order valence-electron chi connectivity index (χ3n) is 2.47. The molecule has 0 amide bonds. The molecule has 1 N–H and O–H groups in total. The maximum Gasteiger partial charge on any atom is 0.0464 e. The molecule has 1 rings (SSSR count). The summed E-state index contributed by atoms with van der Waals surface area (Å²) >= 11 is 0. The van der Waals surface area contributed by atoms with Crippen molar-refractivity contribution in [2.24, 2.45) is 0 Å². The highest BCUT2D eigenvalue weighted by molar-refractivity contribution is 5.72. The second-order valence-electron chi connectivity index (χ2n) is 3.59. The predicted octanol–water partition coefficient (Wildman–Crippen LogP) is 2.93. The number of aromatic amines is 1. The van der Waals surface area contributed by atoms with E-state index in [1.54, 1.807) is 6.08 Å². The van der Waals surface area contributed by atoms with Gasteiger partial charge in [0, 0.05) is 11.0 Å². The summed E-state index contributed by atoms with van der Waals surface area (Å²) in [6.45, 7) is 11.6. The van der Waals surface area contributed by atoms with Crippen LogP contribution in [0.3, 0.4) is 0 Å². The molecule has 0 bridgehead atoms. The monoisotopic (exact) mass is 225 g/mol. The molecule has 1 nitrogen and oxygen atoms in total. The normalized spacial score (nSPS) is 14.6. The minimum Gasteiger partial charge on any atom is -0.355 e. The molecule has 0 saturated heterocycles. The predicted molar refractivity (Wildman–Crippen MR) is 77.8 cm³/mol. The Balaban J connectivity index is 3.38. The zero-order chi connectivity index (χ0) is 12.7. The Morgan fingerprint density at radius 3 is 2.59 bits per heavy atom. The lowest BCUT2D eigenvalue weighted by molar-refractivity contribution is 1.28. The van der Waals surface area contributed by atoms with Gasteiger partial charge in [-0.2, -0.15) is 0 Å². The molecule has 0 spiro atoms. The van der Waals surface area contributed by atoms with Gasteiger partial charge in [-0.1, -0.05) is 55.7 Å². The van der Waals surface area contributed by atoms with Crippen LogP contribution < -0.4 is 10.6 Å². The Kier molecular flexibility index (Phi) is 5.02. The second-order valence-corrected chi connectivity index (χ2v) is 3.59. The van der Waals surface area contributed by atoms with Gasteiger partial charge in [0.15, 0.2) is 0 Å². The van der Waals surface area contributed by atoms with Gasteiger partial charge in [0.05, 0.1) is 0 Å². The average Bonchev–Trinajstić information content (AvgIpc) is 2.74. The molecule has 0 aromatic carbocycles. The maximum absolute atomic E-state index is 3.84. The molecular weight excluding hydrogens is 206 g/mol. The van der Waals surface area contributed by atoms with Crippen molar-refractivity contribution in [3.63, 3.8) is 0 Å². The van der Waals surface area contributed by atoms with Crippen molar-refractivity contribution in [3.05, 3.63) is 65.9 Å². The zero-order valence-electron chi connectivity index (χ0n) is 10.5. The number of hydrogen-bond acceptors (Lipinski definition) is 0. The molecule has 17 heavy (non-hydrogen) atoms. The highest BCUT2D eigenvalue weighted by Gasteiger charge is 1.98. The van der Waals surface area contributed by atoms with Crippen molar-refractivity contribution < 1.29 is 0 Å². The van der Waals surface area contributed by atoms with E-state index >= 15 is 0 Å². The Labute approximate surface area is 103 Å². The van der Waals surface area contributed by atoms with Gasteiger partial charge >= 0.3 is 0 Å². The van der Waals surface area contributed by atoms with E-state index in [1.807, 2.05) is 44.2 Å². The number of H-pyrrole nitrogens is 1. The van der Waals surface area contributed by atoms with E-state index in [2.05, 4.69) is 30.3 Å². The lowest BCUT2D eigenvalue weighted by Gasteiger charge is -1.95. The first-order valence-corrected chi connectivity index (χ1v) is 5.70. The molecule has 0 aliphatic rings. The molecule has 1 aromatic heterocycles. The summed E-state index contributed by atoms with van der Waals surface area (Å²) < 4.78 is 0. The van der Waals surface area contributed by atoms with Crippen LogP contribution >= 0.6 is 0 Å². The number of aromatic nitrogens is 1. The van der Waals surface area contributed by atoms with Gasteiger partial charge in [0.25, 0.3) is 0 Å². The molecule has 1 heteroatoms. The number of rotatable bonds is 4. The van der Waals surface area contributed by atoms with Crippen LogP contribution in [0.25, 0.3) is 17.7 Å². The summed E-state index contributed by atoms with van der Waals surface area (Å²) in [7, 11) is 0. The van der Waals surface area contributed by atoms with E-state index in [0.717, 1.165) is 21.8 Å². The fraction of sp³-hybridized carbons (Fsp3) is 0.125. The molecule has 0 unspecified atom stereocenters. The number of allylic oxidation sites excluding steroid dienone is 6. The topological polar surface area (TPSA) is 15.8 Å². The lowest BCUT2D eigenvalue weighted by Crippen LogP contribution is -2.20. The number of hydrogen-bond donors (Lipinski definition) is 1. The fourth-order valence-electron chi connectivity index (χ4n) is 1.61. The molecule has 0 aliphatic carbocycles. The summed E-state index contributed by atoms with van der Waals surface area (Å²) in [6, 6.07) is 2.11. The van der Waals surface area contributed by atoms with Crippen molar-refractivity contribution >= 4 is 17.7 Å². The average molecular weight is 225 g/mol. The molecule has 0 aliphatic heterocycles. The van der Waals surface area contributed by atoms with Gasteiger partial charge in [-0.3, -0.25) is 0 Å². The summed E-state index contributed by atoms with van der Waals surface area (Å²) in [5.74, 6) is 0. The van der Waals surface area contributed by atoms with Crippen LogP contribution in [-0.4, -0.2) is 4.98 Å². The van der Waals surface area contributed by atoms with E-state index in [4.69, 9.17) is 0 Å². The van der Waals surface area contributed by atoms with E-state index < -0.39 is 0 Å². The molecule has 1 aromatic rings. The van der Waals surface area contributed by atoms with E-state index in [-0.39, 0.29) is 0 Å². The molecule has 0 radical (unpaired) electrons. The van der Waals surface area contributed by atoms with Crippen molar-refractivity contribution in [3.8, 4) is 0 Å². The van der Waals surface area contributed by atoms with Gasteiger partial charge in [0.2, 0.25) is 0 Å². The standard InChI is InChI=1S/C16H19N/c1-5-9-11-13(7-3)16-12-14(10-6-2)15(8-4)17-16/h5-12,17H,2-3H2,1,4H3/b9-5-,13-11+,14-10-,15-8+. The second kappa shape index (κ2) is 6.54. The number of nitrogens with one attached hydrogen (secondary N) is 1. The first-order chi connectivity index (χ1) is 8.26. The quantitative estimate of drug-likeness (QED) is 0.758. The van der Waals surface area contributed by atoms with Crippen LogP contribution in [0.2, 0.25) is 0 Å². The Bertz CT molecular complexity index is 565. The third kappa shape index (κ3) is 3.22. The molecule has 88 valence electrons. The lowest BCUT2D eigenvalue weighted by atomic mass is 10.1. The van der Waals surface area contributed by atoms with Crippen LogP contribution in [0, 0.1) is 0 Å². The van der Waals surface area contributed by atoms with E-state index in [9.17, 15) is 0 Å². The largest absolute Gasteiger partial charge is 0.355 e. The first-order valence-electron chi connectivity index (χ1n) is 5.70. The molecule has 1 heterocycles. The summed E-state index contributed by atoms with van der Waals surface area (Å²) in [5.41, 5.74) is 2.15. The van der Waals surface area contributed by atoms with Gasteiger partial charge in [-0.25, -0.2) is 0 Å². The molecule has 0 atom stereocenters. The molecule has 0 saturated carbocycles. The highest BCUT2D eigenvalue weighted by Crippen LogP contribution is 2.09. The SMILES string of the molecule is C=C/C=c1/cc(/C(C=C)=C/C=C\C)[nH]/c1=C/C. The van der Waals surface area contributed by atoms with Gasteiger partial charge in [0.1, 0.15) is 0 Å². The fourth-order valence-corrected chi connectivity index (χ4v) is 1.61. The van der Waals surface area contributed by atoms with Crippen LogP contribution in [0.5, 0.6) is 0 Å². The van der Waals surface area contributed by atoms with Crippen LogP contribution in [0.1, 0.15) is 19.5 Å². The minimum absolute atomic E-state index is 1.07. The molecular formula is C16H19N. The summed E-state index contributed by atoms with van der Waals surface area (Å²) in [6.07, 6.45) is 13.7. The van der Waals surface area contributed by atoms with Gasteiger partial charge in [-0.05, 0) is 30.7 Å². The zero-order valence-corrected chi connectivity index (χ0v) is 10.5. The smallest absolute Gasteiger partial charge is 0.0464 e. The Morgan fingerprint density at radius 2 is 2.06 bits per heavy atom. The van der Waals surface area contributed by atoms with Gasteiger partial charge < -0.3 is 4.98 Å². The maximum atomic E-state index is 3.84. The third-order valence-corrected chi connectivity index (χ3v) is 2.47. The Morgan fingerprint density at radius 1 is 1.29 bits per heavy atom. The van der Waals surface area contributed by atoms with Crippen molar-refractivity contribution in [2.45, 2.75) is 13.8 Å². The van der Waals surface area contributed by atoms with Crippen molar-refractivity contribution in [1.29, 1.82) is 0 Å². The Hall–Kier alpha value is -2.02. The van der Waals surface area contributed by atoms with Gasteiger partial charge in [-0.15, -0.1) is 0 Å². The van der Waals surface area contributed by atoms with E-state index in [1.165, 1.54) is 0 Å². The van der Waals surface area contributed by atoms with Crippen molar-refractivity contribution in [1.82, 2.24) is 4.98 Å². The van der Waals surface area contributed by atoms with Crippen LogP contribution in [0.15, 0.2) is 49.6 Å². The summed E-state index contributed by atoms with van der Waals surface area (Å²) in [5, 5.41) is 2.25. The molecule has 0 fully saturated rings. The minimum atomic E-state index is 1.07. The first kappa shape index (κ1) is 13.0. The summed E-state index contributed by atoms with van der Waals surface area (Å²) in [4.78, 5) is 3.37. The van der Waals surface area contributed by atoms with Crippen molar-refractivity contribution in [2.75, 3.05) is 0 Å². The van der Waals surface area contributed by atoms with E-state index in [0.29, 0.717) is 0 Å².